The minimum atomic E-state index is -1.72. The molecular formula is C33H42Si. The molecule has 0 spiro atoms. The third kappa shape index (κ3) is 3.29. The average molecular weight is 467 g/mol. The van der Waals surface area contributed by atoms with E-state index in [2.05, 4.69) is 126 Å². The Morgan fingerprint density at radius 2 is 1.00 bits per heavy atom. The first kappa shape index (κ1) is 22.6. The van der Waals surface area contributed by atoms with Gasteiger partial charge in [0.1, 0.15) is 0 Å². The van der Waals surface area contributed by atoms with Gasteiger partial charge in [-0.25, -0.2) is 0 Å². The maximum absolute atomic E-state index is 2.78. The molecule has 0 aliphatic heterocycles. The summed E-state index contributed by atoms with van der Waals surface area (Å²) in [5.41, 5.74) is 4.82. The number of fused-ring (bicyclic) bond motifs is 6. The average Bonchev–Trinajstić information content (AvgIpc) is 3.31. The molecule has 0 radical (unpaired) electrons. The van der Waals surface area contributed by atoms with Crippen molar-refractivity contribution in [1.29, 1.82) is 0 Å². The Bertz CT molecular complexity index is 1060. The molecule has 2 fully saturated rings. The second-order valence-electron chi connectivity index (χ2n) is 13.5. The summed E-state index contributed by atoms with van der Waals surface area (Å²) in [4.78, 5) is 0. The first-order valence-corrected chi connectivity index (χ1v) is 16.8. The van der Waals surface area contributed by atoms with Crippen molar-refractivity contribution in [3.63, 3.8) is 0 Å². The molecule has 6 aliphatic carbocycles. The van der Waals surface area contributed by atoms with Gasteiger partial charge in [0.05, 0.1) is 8.07 Å². The maximum atomic E-state index is 2.78. The van der Waals surface area contributed by atoms with E-state index in [0.717, 1.165) is 11.1 Å². The highest BCUT2D eigenvalue weighted by atomic mass is 28.3. The van der Waals surface area contributed by atoms with Crippen molar-refractivity contribution in [2.45, 2.75) is 51.9 Å². The van der Waals surface area contributed by atoms with Crippen molar-refractivity contribution in [1.82, 2.24) is 0 Å². The van der Waals surface area contributed by atoms with Gasteiger partial charge in [0, 0.05) is 0 Å². The highest BCUT2D eigenvalue weighted by molar-refractivity contribution is 6.80. The van der Waals surface area contributed by atoms with Gasteiger partial charge in [0.15, 0.2) is 0 Å². The molecule has 0 bridgehead atoms. The summed E-state index contributed by atoms with van der Waals surface area (Å²) in [6.07, 6.45) is 35.0. The van der Waals surface area contributed by atoms with Crippen molar-refractivity contribution in [3.05, 3.63) is 96.2 Å². The van der Waals surface area contributed by atoms with E-state index in [1.807, 2.05) is 0 Å². The van der Waals surface area contributed by atoms with Crippen molar-refractivity contribution in [2.24, 2.45) is 52.8 Å². The van der Waals surface area contributed by atoms with Gasteiger partial charge in [-0.05, 0) is 76.3 Å². The van der Waals surface area contributed by atoms with E-state index in [-0.39, 0.29) is 5.41 Å². The molecule has 0 aromatic carbocycles. The van der Waals surface area contributed by atoms with Crippen LogP contribution in [0.1, 0.15) is 27.7 Å². The summed E-state index contributed by atoms with van der Waals surface area (Å²) in [6, 6.07) is 0. The molecule has 9 atom stereocenters. The molecule has 0 saturated heterocycles. The molecule has 1 heteroatoms. The molecule has 0 nitrogen and oxygen atoms in total. The molecule has 0 aromatic heterocycles. The molecule has 9 unspecified atom stereocenters. The molecule has 178 valence electrons. The van der Waals surface area contributed by atoms with Crippen LogP contribution in [0.2, 0.25) is 24.2 Å². The zero-order valence-corrected chi connectivity index (χ0v) is 22.9. The molecule has 0 amide bonds. The van der Waals surface area contributed by atoms with E-state index in [1.54, 1.807) is 5.57 Å². The quantitative estimate of drug-likeness (QED) is 0.357. The van der Waals surface area contributed by atoms with Gasteiger partial charge in [-0.2, -0.15) is 0 Å². The predicted octanol–water partition coefficient (Wildman–Crippen LogP) is 8.70. The molecule has 0 aromatic rings. The molecule has 6 aliphatic rings. The SMILES string of the molecule is CC1=CC2C(C=C1)C1C=CC(C(C)(C)C)=CC1C2[Si](C)(C)C1C2C=CC=CC2C2C=CC=CC21. The van der Waals surface area contributed by atoms with Gasteiger partial charge >= 0.3 is 0 Å². The van der Waals surface area contributed by atoms with Crippen molar-refractivity contribution >= 4 is 8.07 Å². The standard InChI is InChI=1S/C33H42Si/c1-21-15-17-25-26-18-16-22(33(2,3)4)20-30(26)32(29(25)19-21)34(5,6)31-27-13-9-7-11-23(27)24-12-8-10-14-28(24)31/h7-20,23-32H,1-6H3. The molecule has 2 saturated carbocycles. The Morgan fingerprint density at radius 1 is 0.559 bits per heavy atom. The van der Waals surface area contributed by atoms with Crippen LogP contribution < -0.4 is 0 Å². The fourth-order valence-corrected chi connectivity index (χ4v) is 14.7. The van der Waals surface area contributed by atoms with Crippen molar-refractivity contribution in [3.8, 4) is 0 Å². The number of hydrogen-bond donors (Lipinski definition) is 0. The molecular weight excluding hydrogens is 424 g/mol. The predicted molar refractivity (Wildman–Crippen MR) is 149 cm³/mol. The highest BCUT2D eigenvalue weighted by Crippen LogP contribution is 2.66. The molecule has 34 heavy (non-hydrogen) atoms. The van der Waals surface area contributed by atoms with Gasteiger partial charge in [0.25, 0.3) is 0 Å². The van der Waals surface area contributed by atoms with Gasteiger partial charge in [-0.15, -0.1) is 0 Å². The van der Waals surface area contributed by atoms with E-state index in [9.17, 15) is 0 Å². The topological polar surface area (TPSA) is 0 Å². The van der Waals surface area contributed by atoms with Crippen LogP contribution in [0.25, 0.3) is 0 Å². The monoisotopic (exact) mass is 466 g/mol. The van der Waals surface area contributed by atoms with Crippen LogP contribution in [0.15, 0.2) is 96.2 Å². The van der Waals surface area contributed by atoms with Gasteiger partial charge in [-0.1, -0.05) is 125 Å². The van der Waals surface area contributed by atoms with Crippen LogP contribution in [0.3, 0.4) is 0 Å². The van der Waals surface area contributed by atoms with Crippen molar-refractivity contribution < 1.29 is 0 Å². The second-order valence-corrected chi connectivity index (χ2v) is 18.5. The Labute approximate surface area is 208 Å². The summed E-state index contributed by atoms with van der Waals surface area (Å²) >= 11 is 0. The van der Waals surface area contributed by atoms with E-state index < -0.39 is 8.07 Å². The Balaban J connectivity index is 1.46. The van der Waals surface area contributed by atoms with Crippen LogP contribution in [0.4, 0.5) is 0 Å². The Hall–Kier alpha value is -1.86. The smallest absolute Gasteiger partial charge is 0.0560 e. The third-order valence-electron chi connectivity index (χ3n) is 10.4. The Morgan fingerprint density at radius 3 is 1.56 bits per heavy atom. The highest BCUT2D eigenvalue weighted by Gasteiger charge is 2.61. The largest absolute Gasteiger partial charge is 0.0808 e. The van der Waals surface area contributed by atoms with Gasteiger partial charge < -0.3 is 0 Å². The van der Waals surface area contributed by atoms with Crippen molar-refractivity contribution in [2.75, 3.05) is 0 Å². The van der Waals surface area contributed by atoms with E-state index in [4.69, 9.17) is 0 Å². The first-order chi connectivity index (χ1) is 16.2. The lowest BCUT2D eigenvalue weighted by molar-refractivity contribution is 0.441. The van der Waals surface area contributed by atoms with E-state index in [0.29, 0.717) is 47.3 Å². The van der Waals surface area contributed by atoms with Gasteiger partial charge in [0.2, 0.25) is 0 Å². The molecule has 6 rings (SSSR count). The minimum Gasteiger partial charge on any atom is -0.0808 e. The van der Waals surface area contributed by atoms with Crippen LogP contribution in [-0.4, -0.2) is 8.07 Å². The lowest BCUT2D eigenvalue weighted by Crippen LogP contribution is -2.46. The Kier molecular flexibility index (Phi) is 5.20. The summed E-state index contributed by atoms with van der Waals surface area (Å²) in [5, 5.41) is 0. The second kappa shape index (κ2) is 7.82. The van der Waals surface area contributed by atoms with E-state index in [1.165, 1.54) is 5.57 Å². The van der Waals surface area contributed by atoms with Crippen LogP contribution >= 0.6 is 0 Å². The van der Waals surface area contributed by atoms with Crippen LogP contribution in [0.5, 0.6) is 0 Å². The maximum Gasteiger partial charge on any atom is 0.0560 e. The molecule has 0 heterocycles. The summed E-state index contributed by atoms with van der Waals surface area (Å²) in [5.74, 6) is 5.42. The van der Waals surface area contributed by atoms with Crippen LogP contribution in [-0.2, 0) is 0 Å². The third-order valence-corrected chi connectivity index (χ3v) is 15.3. The van der Waals surface area contributed by atoms with E-state index >= 15 is 0 Å². The zero-order valence-electron chi connectivity index (χ0n) is 21.9. The summed E-state index contributed by atoms with van der Waals surface area (Å²) < 4.78 is 0. The lowest BCUT2D eigenvalue weighted by atomic mass is 9.76. The van der Waals surface area contributed by atoms with Crippen LogP contribution in [0, 0.1) is 52.8 Å². The normalized spacial score (nSPS) is 43.8. The van der Waals surface area contributed by atoms with Gasteiger partial charge in [-0.3, -0.25) is 0 Å². The fraction of sp³-hybridized carbons (Fsp3) is 0.515. The first-order valence-electron chi connectivity index (χ1n) is 13.6. The lowest BCUT2D eigenvalue weighted by Gasteiger charge is -2.46. The summed E-state index contributed by atoms with van der Waals surface area (Å²) in [7, 11) is -1.72. The summed E-state index contributed by atoms with van der Waals surface area (Å²) in [6.45, 7) is 15.0. The number of hydrogen-bond acceptors (Lipinski definition) is 0. The number of rotatable bonds is 2. The number of allylic oxidation sites excluding steroid dienone is 16. The minimum absolute atomic E-state index is 0.213. The zero-order chi connectivity index (χ0) is 23.8. The molecule has 0 N–H and O–H groups in total. The fourth-order valence-electron chi connectivity index (χ4n) is 9.02.